The van der Waals surface area contributed by atoms with Gasteiger partial charge in [-0.05, 0) is 53.3 Å². The van der Waals surface area contributed by atoms with Crippen LogP contribution >= 0.6 is 23.1 Å². The Morgan fingerprint density at radius 1 is 1.28 bits per heavy atom. The van der Waals surface area contributed by atoms with Gasteiger partial charge >= 0.3 is 0 Å². The number of rotatable bonds is 4. The summed E-state index contributed by atoms with van der Waals surface area (Å²) in [4.78, 5) is 1.42. The van der Waals surface area contributed by atoms with Crippen LogP contribution in [0.1, 0.15) is 17.5 Å². The molecule has 0 spiro atoms. The smallest absolute Gasteiger partial charge is 0.0287 e. The Morgan fingerprint density at radius 3 is 2.94 bits per heavy atom. The predicted molar refractivity (Wildman–Crippen MR) is 80.4 cm³/mol. The van der Waals surface area contributed by atoms with Gasteiger partial charge in [-0.1, -0.05) is 18.2 Å². The second kappa shape index (κ2) is 5.47. The lowest BCUT2D eigenvalue weighted by atomic mass is 10.0. The fourth-order valence-corrected chi connectivity index (χ4v) is 4.46. The summed E-state index contributed by atoms with van der Waals surface area (Å²) in [6.07, 6.45) is 3.33. The van der Waals surface area contributed by atoms with Crippen molar-refractivity contribution in [3.8, 4) is 0 Å². The van der Waals surface area contributed by atoms with Gasteiger partial charge < -0.3 is 5.73 Å². The zero-order valence-electron chi connectivity index (χ0n) is 10.2. The Bertz CT molecular complexity index is 482. The van der Waals surface area contributed by atoms with Gasteiger partial charge in [-0.2, -0.15) is 11.3 Å². The average Bonchev–Trinajstić information content (AvgIpc) is 3.04. The van der Waals surface area contributed by atoms with Gasteiger partial charge in [0.1, 0.15) is 0 Å². The summed E-state index contributed by atoms with van der Waals surface area (Å²) in [6, 6.07) is 11.2. The molecule has 1 aliphatic rings. The Kier molecular flexibility index (Phi) is 3.73. The fraction of sp³-hybridized carbons (Fsp3) is 0.333. The van der Waals surface area contributed by atoms with E-state index in [0.717, 1.165) is 19.3 Å². The molecule has 0 fully saturated rings. The monoisotopic (exact) mass is 275 g/mol. The van der Waals surface area contributed by atoms with Crippen LogP contribution in [0.3, 0.4) is 0 Å². The van der Waals surface area contributed by atoms with Crippen molar-refractivity contribution in [1.29, 1.82) is 0 Å². The van der Waals surface area contributed by atoms with Crippen molar-refractivity contribution in [3.63, 3.8) is 0 Å². The summed E-state index contributed by atoms with van der Waals surface area (Å²) >= 11 is 3.73. The van der Waals surface area contributed by atoms with Gasteiger partial charge in [0.25, 0.3) is 0 Å². The molecule has 1 aromatic carbocycles. The van der Waals surface area contributed by atoms with E-state index in [0.29, 0.717) is 11.3 Å². The Labute approximate surface area is 116 Å². The molecule has 2 heterocycles. The first-order chi connectivity index (χ1) is 8.83. The van der Waals surface area contributed by atoms with Crippen LogP contribution < -0.4 is 5.73 Å². The number of aryl methyl sites for hydroxylation is 1. The maximum Gasteiger partial charge on any atom is 0.0287 e. The maximum absolute atomic E-state index is 6.36. The summed E-state index contributed by atoms with van der Waals surface area (Å²) in [5.41, 5.74) is 9.26. The summed E-state index contributed by atoms with van der Waals surface area (Å²) < 4.78 is 0. The molecule has 0 radical (unpaired) electrons. The predicted octanol–water partition coefficient (Wildman–Crippen LogP) is 3.73. The van der Waals surface area contributed by atoms with Crippen molar-refractivity contribution in [2.24, 2.45) is 5.73 Å². The number of benzene rings is 1. The van der Waals surface area contributed by atoms with Crippen LogP contribution in [0.15, 0.2) is 46.0 Å². The van der Waals surface area contributed by atoms with E-state index in [1.54, 1.807) is 11.3 Å². The van der Waals surface area contributed by atoms with E-state index >= 15 is 0 Å². The molecular weight excluding hydrogens is 258 g/mol. The van der Waals surface area contributed by atoms with E-state index in [1.165, 1.54) is 16.0 Å². The van der Waals surface area contributed by atoms with Crippen LogP contribution in [0.2, 0.25) is 0 Å². The van der Waals surface area contributed by atoms with Crippen LogP contribution in [0.4, 0.5) is 0 Å². The van der Waals surface area contributed by atoms with Gasteiger partial charge in [0.2, 0.25) is 0 Å². The lowest BCUT2D eigenvalue weighted by Gasteiger charge is -2.17. The van der Waals surface area contributed by atoms with Crippen molar-refractivity contribution < 1.29 is 0 Å². The van der Waals surface area contributed by atoms with Crippen LogP contribution in [-0.2, 0) is 12.8 Å². The lowest BCUT2D eigenvalue weighted by Crippen LogP contribution is -2.32. The number of fused-ring (bicyclic) bond motifs is 1. The highest BCUT2D eigenvalue weighted by Crippen LogP contribution is 2.38. The molecule has 94 valence electrons. The minimum atomic E-state index is 0.294. The number of hydrogen-bond donors (Lipinski definition) is 1. The summed E-state index contributed by atoms with van der Waals surface area (Å²) in [7, 11) is 0. The first kappa shape index (κ1) is 12.3. The van der Waals surface area contributed by atoms with E-state index in [1.807, 2.05) is 11.8 Å². The molecule has 0 aliphatic carbocycles. The van der Waals surface area contributed by atoms with Crippen LogP contribution in [-0.4, -0.2) is 11.3 Å². The van der Waals surface area contributed by atoms with Crippen molar-refractivity contribution in [2.75, 3.05) is 0 Å². The Morgan fingerprint density at radius 2 is 2.17 bits per heavy atom. The number of thiophene rings is 1. The fourth-order valence-electron chi connectivity index (χ4n) is 2.40. The van der Waals surface area contributed by atoms with Gasteiger partial charge in [0, 0.05) is 16.2 Å². The standard InChI is InChI=1S/C15H17NS2/c16-13(6-5-11-7-8-17-10-11)15-9-12-3-1-2-4-14(12)18-15/h1-4,7-8,10,13,15H,5-6,9,16H2. The minimum Gasteiger partial charge on any atom is -0.327 e. The topological polar surface area (TPSA) is 26.0 Å². The third-order valence-corrected chi connectivity index (χ3v) is 5.70. The third kappa shape index (κ3) is 2.63. The van der Waals surface area contributed by atoms with Crippen LogP contribution in [0.25, 0.3) is 0 Å². The molecule has 2 unspecified atom stereocenters. The van der Waals surface area contributed by atoms with Crippen molar-refractivity contribution >= 4 is 23.1 Å². The molecule has 1 aromatic heterocycles. The van der Waals surface area contributed by atoms with Crippen molar-refractivity contribution in [2.45, 2.75) is 35.4 Å². The normalized spacial score (nSPS) is 19.7. The molecule has 1 aliphatic heterocycles. The van der Waals surface area contributed by atoms with Gasteiger partial charge in [0.05, 0.1) is 0 Å². The molecule has 0 amide bonds. The van der Waals surface area contributed by atoms with Gasteiger partial charge in [-0.15, -0.1) is 11.8 Å². The summed E-state index contributed by atoms with van der Waals surface area (Å²) in [5.74, 6) is 0. The van der Waals surface area contributed by atoms with Gasteiger partial charge in [-0.25, -0.2) is 0 Å². The van der Waals surface area contributed by atoms with E-state index in [-0.39, 0.29) is 0 Å². The van der Waals surface area contributed by atoms with Gasteiger partial charge in [-0.3, -0.25) is 0 Å². The molecule has 18 heavy (non-hydrogen) atoms. The molecular formula is C15H17NS2. The number of thioether (sulfide) groups is 1. The molecule has 1 nitrogen and oxygen atoms in total. The second-order valence-electron chi connectivity index (χ2n) is 4.80. The largest absolute Gasteiger partial charge is 0.327 e. The second-order valence-corrected chi connectivity index (χ2v) is 6.86. The lowest BCUT2D eigenvalue weighted by molar-refractivity contribution is 0.587. The molecule has 3 rings (SSSR count). The highest BCUT2D eigenvalue weighted by molar-refractivity contribution is 8.00. The minimum absolute atomic E-state index is 0.294. The Balaban J connectivity index is 1.57. The quantitative estimate of drug-likeness (QED) is 0.920. The molecule has 0 saturated heterocycles. The molecule has 2 N–H and O–H groups in total. The van der Waals surface area contributed by atoms with E-state index in [2.05, 4.69) is 41.1 Å². The average molecular weight is 275 g/mol. The number of hydrogen-bond acceptors (Lipinski definition) is 3. The van der Waals surface area contributed by atoms with Crippen molar-refractivity contribution in [3.05, 3.63) is 52.2 Å². The van der Waals surface area contributed by atoms with Crippen LogP contribution in [0, 0.1) is 0 Å². The molecule has 3 heteroatoms. The van der Waals surface area contributed by atoms with E-state index < -0.39 is 0 Å². The maximum atomic E-state index is 6.36. The van der Waals surface area contributed by atoms with Crippen LogP contribution in [0.5, 0.6) is 0 Å². The highest BCUT2D eigenvalue weighted by atomic mass is 32.2. The zero-order valence-corrected chi connectivity index (χ0v) is 11.8. The Hall–Kier alpha value is -0.770. The van der Waals surface area contributed by atoms with E-state index in [4.69, 9.17) is 5.73 Å². The summed E-state index contributed by atoms with van der Waals surface area (Å²) in [6.45, 7) is 0. The SMILES string of the molecule is NC(CCc1ccsc1)C1Cc2ccccc2S1. The molecule has 2 atom stereocenters. The summed E-state index contributed by atoms with van der Waals surface area (Å²) in [5, 5.41) is 4.92. The zero-order chi connectivity index (χ0) is 12.4. The van der Waals surface area contributed by atoms with Gasteiger partial charge in [0.15, 0.2) is 0 Å². The molecule has 0 bridgehead atoms. The first-order valence-corrected chi connectivity index (χ1v) is 8.16. The first-order valence-electron chi connectivity index (χ1n) is 6.34. The number of nitrogens with two attached hydrogens (primary N) is 1. The van der Waals surface area contributed by atoms with E-state index in [9.17, 15) is 0 Å². The molecule has 2 aromatic rings. The highest BCUT2D eigenvalue weighted by Gasteiger charge is 2.26. The third-order valence-electron chi connectivity index (χ3n) is 3.50. The molecule has 0 saturated carbocycles. The van der Waals surface area contributed by atoms with Crippen molar-refractivity contribution in [1.82, 2.24) is 0 Å².